The van der Waals surface area contributed by atoms with Crippen molar-refractivity contribution >= 4 is 11.8 Å². The fraction of sp³-hybridized carbons (Fsp3) is 0.524. The van der Waals surface area contributed by atoms with Gasteiger partial charge >= 0.3 is 0 Å². The summed E-state index contributed by atoms with van der Waals surface area (Å²) in [6, 6.07) is 9.08. The number of benzene rings is 1. The number of fused-ring (bicyclic) bond motifs is 4. The highest BCUT2D eigenvalue weighted by Gasteiger charge is 2.37. The molecule has 3 atom stereocenters. The van der Waals surface area contributed by atoms with Crippen molar-refractivity contribution < 1.29 is 0 Å². The normalized spacial score (nSPS) is 27.2. The molecule has 2 aliphatic carbocycles. The lowest BCUT2D eigenvalue weighted by molar-refractivity contribution is 0.273. The largest absolute Gasteiger partial charge is 0.368 e. The van der Waals surface area contributed by atoms with Crippen molar-refractivity contribution in [2.24, 2.45) is 11.8 Å². The van der Waals surface area contributed by atoms with Crippen LogP contribution in [0.15, 0.2) is 24.3 Å². The van der Waals surface area contributed by atoms with E-state index in [4.69, 9.17) is 5.73 Å². The van der Waals surface area contributed by atoms with Crippen molar-refractivity contribution in [2.45, 2.75) is 44.6 Å². The van der Waals surface area contributed by atoms with E-state index in [2.05, 4.69) is 44.9 Å². The number of hydrogen-bond donors (Lipinski definition) is 3. The molecule has 0 spiro atoms. The van der Waals surface area contributed by atoms with E-state index in [-0.39, 0.29) is 0 Å². The molecule has 1 aliphatic heterocycles. The first-order valence-electron chi connectivity index (χ1n) is 10.0. The Morgan fingerprint density at radius 2 is 1.96 bits per heavy atom. The van der Waals surface area contributed by atoms with Crippen LogP contribution in [0, 0.1) is 11.8 Å². The predicted octanol–water partition coefficient (Wildman–Crippen LogP) is 3.01. The van der Waals surface area contributed by atoms with E-state index in [1.807, 2.05) is 0 Å². The average Bonchev–Trinajstić information content (AvgIpc) is 3.06. The van der Waals surface area contributed by atoms with Crippen molar-refractivity contribution in [3.8, 4) is 11.3 Å². The molecule has 0 bridgehead atoms. The lowest BCUT2D eigenvalue weighted by Gasteiger charge is -2.34. The topological polar surface area (TPSA) is 75.9 Å². The monoisotopic (exact) mass is 349 g/mol. The Labute approximate surface area is 154 Å². The lowest BCUT2D eigenvalue weighted by atomic mass is 9.78. The molecule has 0 amide bonds. The Balaban J connectivity index is 1.54. The third-order valence-corrected chi connectivity index (χ3v) is 6.49. The quantitative estimate of drug-likeness (QED) is 0.777. The van der Waals surface area contributed by atoms with E-state index >= 15 is 0 Å². The van der Waals surface area contributed by atoms with Gasteiger partial charge in [-0.1, -0.05) is 30.7 Å². The number of rotatable bonds is 2. The van der Waals surface area contributed by atoms with Crippen molar-refractivity contribution in [3.05, 3.63) is 35.4 Å². The van der Waals surface area contributed by atoms with Gasteiger partial charge in [-0.2, -0.15) is 4.98 Å². The molecule has 1 aromatic heterocycles. The molecule has 1 saturated heterocycles. The van der Waals surface area contributed by atoms with Crippen LogP contribution in [-0.4, -0.2) is 29.1 Å². The number of anilines is 2. The molecule has 2 fully saturated rings. The van der Waals surface area contributed by atoms with Gasteiger partial charge in [0.25, 0.3) is 0 Å². The van der Waals surface area contributed by atoms with Crippen molar-refractivity contribution in [1.82, 2.24) is 15.3 Å². The van der Waals surface area contributed by atoms with Crippen LogP contribution in [0.3, 0.4) is 0 Å². The number of aromatic nitrogens is 2. The van der Waals surface area contributed by atoms with Gasteiger partial charge in [0.15, 0.2) is 0 Å². The maximum atomic E-state index is 6.13. The Hall–Kier alpha value is -2.14. The van der Waals surface area contributed by atoms with E-state index in [0.717, 1.165) is 43.2 Å². The average molecular weight is 349 g/mol. The predicted molar refractivity (Wildman–Crippen MR) is 105 cm³/mol. The van der Waals surface area contributed by atoms with E-state index in [1.54, 1.807) is 0 Å². The zero-order valence-corrected chi connectivity index (χ0v) is 15.2. The first-order chi connectivity index (χ1) is 12.8. The van der Waals surface area contributed by atoms with Gasteiger partial charge in [0.2, 0.25) is 5.95 Å². The number of nitrogens with two attached hydrogens (primary N) is 1. The van der Waals surface area contributed by atoms with Crippen LogP contribution in [0.25, 0.3) is 11.3 Å². The molecule has 2 aromatic rings. The molecule has 1 saturated carbocycles. The van der Waals surface area contributed by atoms with Crippen molar-refractivity contribution in [1.29, 1.82) is 0 Å². The van der Waals surface area contributed by atoms with Crippen molar-refractivity contribution in [2.75, 3.05) is 24.1 Å². The summed E-state index contributed by atoms with van der Waals surface area (Å²) in [5.41, 5.74) is 11.0. The van der Waals surface area contributed by atoms with E-state index in [0.29, 0.717) is 17.9 Å². The summed E-state index contributed by atoms with van der Waals surface area (Å²) in [6.45, 7) is 2.29. The molecule has 5 heteroatoms. The molecule has 2 heterocycles. The second-order valence-corrected chi connectivity index (χ2v) is 8.03. The number of aryl methyl sites for hydroxylation is 1. The maximum Gasteiger partial charge on any atom is 0.222 e. The third kappa shape index (κ3) is 2.75. The maximum absolute atomic E-state index is 6.13. The van der Waals surface area contributed by atoms with Gasteiger partial charge in [-0.3, -0.25) is 0 Å². The third-order valence-electron chi connectivity index (χ3n) is 6.49. The SMILES string of the molecule is Nc1nc(N[C@H]2CCC[C@H]3CNC[C@H]32)c2c(n1)-c1ccccc1CCC2. The van der Waals surface area contributed by atoms with Gasteiger partial charge in [0.05, 0.1) is 5.69 Å². The van der Waals surface area contributed by atoms with Gasteiger partial charge < -0.3 is 16.4 Å². The molecular weight excluding hydrogens is 322 g/mol. The fourth-order valence-corrected chi connectivity index (χ4v) is 5.21. The van der Waals surface area contributed by atoms with Crippen LogP contribution < -0.4 is 16.4 Å². The molecule has 0 radical (unpaired) electrons. The number of nitrogens with one attached hydrogen (secondary N) is 2. The Kier molecular flexibility index (Phi) is 4.04. The second kappa shape index (κ2) is 6.54. The summed E-state index contributed by atoms with van der Waals surface area (Å²) in [6.07, 6.45) is 7.09. The zero-order valence-electron chi connectivity index (χ0n) is 15.2. The first kappa shape index (κ1) is 16.1. The van der Waals surface area contributed by atoms with Gasteiger partial charge in [0, 0.05) is 23.7 Å². The van der Waals surface area contributed by atoms with Gasteiger partial charge in [-0.15, -0.1) is 0 Å². The number of nitrogen functional groups attached to an aromatic ring is 1. The molecule has 136 valence electrons. The second-order valence-electron chi connectivity index (χ2n) is 8.03. The van der Waals surface area contributed by atoms with Gasteiger partial charge in [-0.05, 0) is 56.0 Å². The first-order valence-corrected chi connectivity index (χ1v) is 10.0. The van der Waals surface area contributed by atoms with Crippen LogP contribution in [0.5, 0.6) is 0 Å². The Morgan fingerprint density at radius 3 is 2.92 bits per heavy atom. The van der Waals surface area contributed by atoms with Crippen LogP contribution in [0.1, 0.15) is 36.8 Å². The van der Waals surface area contributed by atoms with Crippen molar-refractivity contribution in [3.63, 3.8) is 0 Å². The summed E-state index contributed by atoms with van der Waals surface area (Å²) in [5.74, 6) is 2.86. The minimum atomic E-state index is 0.375. The van der Waals surface area contributed by atoms with E-state index < -0.39 is 0 Å². The molecule has 1 aromatic carbocycles. The minimum absolute atomic E-state index is 0.375. The summed E-state index contributed by atoms with van der Waals surface area (Å²) in [4.78, 5) is 9.29. The number of hydrogen-bond acceptors (Lipinski definition) is 5. The summed E-state index contributed by atoms with van der Waals surface area (Å²) < 4.78 is 0. The molecule has 5 nitrogen and oxygen atoms in total. The molecular formula is C21H27N5. The van der Waals surface area contributed by atoms with Gasteiger partial charge in [-0.25, -0.2) is 4.98 Å². The highest BCUT2D eigenvalue weighted by molar-refractivity contribution is 5.73. The smallest absolute Gasteiger partial charge is 0.222 e. The van der Waals surface area contributed by atoms with Crippen LogP contribution in [0.4, 0.5) is 11.8 Å². The fourth-order valence-electron chi connectivity index (χ4n) is 5.21. The molecule has 26 heavy (non-hydrogen) atoms. The summed E-state index contributed by atoms with van der Waals surface area (Å²) in [5, 5.41) is 7.39. The highest BCUT2D eigenvalue weighted by atomic mass is 15.1. The number of nitrogens with zero attached hydrogens (tertiary/aromatic N) is 2. The molecule has 4 N–H and O–H groups in total. The summed E-state index contributed by atoms with van der Waals surface area (Å²) >= 11 is 0. The summed E-state index contributed by atoms with van der Waals surface area (Å²) in [7, 11) is 0. The van der Waals surface area contributed by atoms with E-state index in [9.17, 15) is 0 Å². The molecule has 3 aliphatic rings. The van der Waals surface area contributed by atoms with Crippen LogP contribution >= 0.6 is 0 Å². The molecule has 0 unspecified atom stereocenters. The molecule has 5 rings (SSSR count). The van der Waals surface area contributed by atoms with Crippen LogP contribution in [-0.2, 0) is 12.8 Å². The van der Waals surface area contributed by atoms with Gasteiger partial charge in [0.1, 0.15) is 5.82 Å². The lowest BCUT2D eigenvalue weighted by Crippen LogP contribution is -2.38. The van der Waals surface area contributed by atoms with Crippen LogP contribution in [0.2, 0.25) is 0 Å². The Bertz CT molecular complexity index is 818. The standard InChI is InChI=1S/C21H27N5/c22-21-25-19-15-8-2-1-5-13(15)6-3-9-16(19)20(26-21)24-18-10-4-7-14-11-23-12-17(14)18/h1-2,5,8,14,17-18,23H,3-4,6-7,9-12H2,(H3,22,24,25,26)/t14-,17+,18-/m0/s1. The minimum Gasteiger partial charge on any atom is -0.368 e. The highest BCUT2D eigenvalue weighted by Crippen LogP contribution is 2.38. The van der Waals surface area contributed by atoms with E-state index in [1.165, 1.54) is 42.5 Å². The zero-order chi connectivity index (χ0) is 17.5. The Morgan fingerprint density at radius 1 is 1.04 bits per heavy atom.